The van der Waals surface area contributed by atoms with Crippen molar-refractivity contribution in [3.05, 3.63) is 29.8 Å². The van der Waals surface area contributed by atoms with Gasteiger partial charge in [-0.1, -0.05) is 35.2 Å². The van der Waals surface area contributed by atoms with Crippen LogP contribution in [-0.2, 0) is 11.3 Å². The molecule has 30 heavy (non-hydrogen) atoms. The van der Waals surface area contributed by atoms with Crippen molar-refractivity contribution in [2.24, 2.45) is 17.8 Å². The molecule has 1 heterocycles. The Bertz CT molecular complexity index is 896. The summed E-state index contributed by atoms with van der Waals surface area (Å²) in [5.41, 5.74) is 6.84. The Morgan fingerprint density at radius 1 is 1.23 bits per heavy atom. The zero-order valence-corrected chi connectivity index (χ0v) is 18.9. The number of thioether (sulfide) groups is 1. The number of carbonyl (C=O) groups is 1. The van der Waals surface area contributed by atoms with E-state index in [-0.39, 0.29) is 11.4 Å². The Kier molecular flexibility index (Phi) is 5.39. The predicted octanol–water partition coefficient (Wildman–Crippen LogP) is 4.22. The number of ether oxygens (including phenoxy) is 1. The molecule has 1 aromatic heterocycles. The Hall–Kier alpha value is -1.80. The van der Waals surface area contributed by atoms with Crippen LogP contribution >= 0.6 is 23.1 Å². The Morgan fingerprint density at radius 3 is 2.53 bits per heavy atom. The van der Waals surface area contributed by atoms with Crippen molar-refractivity contribution in [1.82, 2.24) is 15.1 Å². The molecule has 2 aromatic rings. The summed E-state index contributed by atoms with van der Waals surface area (Å²) >= 11 is 2.79. The summed E-state index contributed by atoms with van der Waals surface area (Å²) in [6, 6.07) is 8.12. The van der Waals surface area contributed by atoms with Gasteiger partial charge in [0, 0.05) is 12.1 Å². The van der Waals surface area contributed by atoms with Crippen molar-refractivity contribution in [2.75, 3.05) is 18.6 Å². The van der Waals surface area contributed by atoms with Crippen LogP contribution < -0.4 is 10.5 Å². The minimum absolute atomic E-state index is 0.00955. The third kappa shape index (κ3) is 3.91. The lowest BCUT2D eigenvalue weighted by atomic mass is 9.52. The second kappa shape index (κ2) is 8.04. The normalized spacial score (nSPS) is 29.2. The lowest BCUT2D eigenvalue weighted by Crippen LogP contribution is -2.61. The number of hydrogen-bond donors (Lipinski definition) is 1. The van der Waals surface area contributed by atoms with E-state index < -0.39 is 0 Å². The fraction of sp³-hybridized carbons (Fsp3) is 0.591. The number of nitrogens with two attached hydrogens (primary N) is 1. The number of methoxy groups -OCH3 is 1. The highest BCUT2D eigenvalue weighted by Gasteiger charge is 2.54. The number of nitrogen functional groups attached to an aromatic ring is 1. The molecule has 4 saturated carbocycles. The van der Waals surface area contributed by atoms with Gasteiger partial charge in [-0.25, -0.2) is 0 Å². The van der Waals surface area contributed by atoms with E-state index in [1.54, 1.807) is 7.11 Å². The van der Waals surface area contributed by atoms with Gasteiger partial charge in [0.1, 0.15) is 5.75 Å². The van der Waals surface area contributed by atoms with Crippen LogP contribution in [0.15, 0.2) is 28.6 Å². The quantitative estimate of drug-likeness (QED) is 0.644. The first kappa shape index (κ1) is 20.1. The number of benzene rings is 1. The molecule has 8 heteroatoms. The van der Waals surface area contributed by atoms with Crippen LogP contribution in [0.1, 0.15) is 44.1 Å². The predicted molar refractivity (Wildman–Crippen MR) is 119 cm³/mol. The lowest BCUT2D eigenvalue weighted by Gasteiger charge is -2.60. The molecule has 0 unspecified atom stereocenters. The van der Waals surface area contributed by atoms with Gasteiger partial charge in [0.2, 0.25) is 11.0 Å². The number of carbonyl (C=O) groups excluding carboxylic acids is 1. The van der Waals surface area contributed by atoms with Crippen LogP contribution in [0.2, 0.25) is 0 Å². The van der Waals surface area contributed by atoms with Crippen LogP contribution in [0.4, 0.5) is 5.13 Å². The van der Waals surface area contributed by atoms with Gasteiger partial charge in [-0.15, -0.1) is 10.2 Å². The van der Waals surface area contributed by atoms with Crippen LogP contribution in [0.25, 0.3) is 0 Å². The van der Waals surface area contributed by atoms with Crippen LogP contribution in [-0.4, -0.2) is 39.4 Å². The molecule has 4 aliphatic carbocycles. The molecule has 1 amide bonds. The van der Waals surface area contributed by atoms with Gasteiger partial charge in [0.25, 0.3) is 0 Å². The van der Waals surface area contributed by atoms with Gasteiger partial charge >= 0.3 is 0 Å². The first-order valence-corrected chi connectivity index (χ1v) is 12.5. The molecule has 1 aromatic carbocycles. The van der Waals surface area contributed by atoms with Crippen molar-refractivity contribution in [3.8, 4) is 5.75 Å². The third-order valence-corrected chi connectivity index (χ3v) is 8.97. The number of rotatable bonds is 7. The van der Waals surface area contributed by atoms with E-state index in [2.05, 4.69) is 27.2 Å². The summed E-state index contributed by atoms with van der Waals surface area (Å²) in [6.45, 7) is 0.640. The van der Waals surface area contributed by atoms with Crippen LogP contribution in [0.5, 0.6) is 5.75 Å². The van der Waals surface area contributed by atoms with Crippen molar-refractivity contribution in [1.29, 1.82) is 0 Å². The fourth-order valence-electron chi connectivity index (χ4n) is 6.35. The number of nitrogens with zero attached hydrogens (tertiary/aromatic N) is 3. The molecule has 6 rings (SSSR count). The molecule has 6 nitrogen and oxygen atoms in total. The van der Waals surface area contributed by atoms with Gasteiger partial charge < -0.3 is 15.4 Å². The third-order valence-electron chi connectivity index (χ3n) is 7.10. The smallest absolute Gasteiger partial charge is 0.233 e. The fourth-order valence-corrected chi connectivity index (χ4v) is 7.86. The van der Waals surface area contributed by atoms with Gasteiger partial charge in [0.05, 0.1) is 12.9 Å². The standard InChI is InChI=1S/C22H28N4O2S2/c1-28-18-4-2-3-14(8-18)12-26(19(27)13-29-21-25-24-20(23)30-21)22-9-15-5-16(10-22)7-17(6-15)11-22/h2-4,8,15-17H,5-7,9-13H2,1H3,(H2,23,24). The van der Waals surface area contributed by atoms with E-state index in [4.69, 9.17) is 10.5 Å². The SMILES string of the molecule is COc1cccc(CN(C(=O)CSc2nnc(N)s2)C23CC4CC(CC(C4)C2)C3)c1. The first-order chi connectivity index (χ1) is 14.5. The van der Waals surface area contributed by atoms with Gasteiger partial charge in [0.15, 0.2) is 4.34 Å². The molecule has 4 fully saturated rings. The highest BCUT2D eigenvalue weighted by Crippen LogP contribution is 2.58. The monoisotopic (exact) mass is 444 g/mol. The maximum absolute atomic E-state index is 13.6. The lowest BCUT2D eigenvalue weighted by molar-refractivity contribution is -0.149. The number of amides is 1. The summed E-state index contributed by atoms with van der Waals surface area (Å²) in [7, 11) is 1.69. The first-order valence-electron chi connectivity index (χ1n) is 10.7. The summed E-state index contributed by atoms with van der Waals surface area (Å²) in [6.07, 6.45) is 7.55. The molecular formula is C22H28N4O2S2. The topological polar surface area (TPSA) is 81.3 Å². The Balaban J connectivity index is 1.40. The van der Waals surface area contributed by atoms with Crippen LogP contribution in [0.3, 0.4) is 0 Å². The Morgan fingerprint density at radius 2 is 1.93 bits per heavy atom. The highest BCUT2D eigenvalue weighted by atomic mass is 32.2. The summed E-state index contributed by atoms with van der Waals surface area (Å²) in [4.78, 5) is 15.8. The molecular weight excluding hydrogens is 416 g/mol. The maximum atomic E-state index is 13.6. The molecule has 160 valence electrons. The van der Waals surface area contributed by atoms with E-state index in [9.17, 15) is 4.79 Å². The van der Waals surface area contributed by atoms with Crippen molar-refractivity contribution < 1.29 is 9.53 Å². The summed E-state index contributed by atoms with van der Waals surface area (Å²) in [5, 5.41) is 8.38. The van der Waals surface area contributed by atoms with E-state index in [1.807, 2.05) is 12.1 Å². The minimum atomic E-state index is 0.00955. The molecule has 4 bridgehead atoms. The zero-order valence-electron chi connectivity index (χ0n) is 17.3. The van der Waals surface area contributed by atoms with E-state index in [0.717, 1.165) is 52.7 Å². The molecule has 0 spiro atoms. The van der Waals surface area contributed by atoms with Crippen LogP contribution in [0, 0.1) is 17.8 Å². The molecule has 2 N–H and O–H groups in total. The Labute approximate surface area is 185 Å². The van der Waals surface area contributed by atoms with Crippen molar-refractivity contribution in [2.45, 2.75) is 54.9 Å². The average Bonchev–Trinajstić information content (AvgIpc) is 3.14. The largest absolute Gasteiger partial charge is 0.497 e. The van der Waals surface area contributed by atoms with Gasteiger partial charge in [-0.05, 0) is 74.0 Å². The van der Waals surface area contributed by atoms with E-state index >= 15 is 0 Å². The number of aromatic nitrogens is 2. The highest BCUT2D eigenvalue weighted by molar-refractivity contribution is 8.01. The molecule has 0 saturated heterocycles. The zero-order chi connectivity index (χ0) is 20.7. The minimum Gasteiger partial charge on any atom is -0.497 e. The summed E-state index contributed by atoms with van der Waals surface area (Å²) in [5.74, 6) is 3.76. The van der Waals surface area contributed by atoms with E-state index in [0.29, 0.717) is 17.4 Å². The maximum Gasteiger partial charge on any atom is 0.233 e. The van der Waals surface area contributed by atoms with Crippen molar-refractivity contribution >= 4 is 34.1 Å². The number of anilines is 1. The van der Waals surface area contributed by atoms with E-state index in [1.165, 1.54) is 42.4 Å². The van der Waals surface area contributed by atoms with Crippen molar-refractivity contribution in [3.63, 3.8) is 0 Å². The molecule has 0 aliphatic heterocycles. The van der Waals surface area contributed by atoms with Gasteiger partial charge in [-0.3, -0.25) is 4.79 Å². The summed E-state index contributed by atoms with van der Waals surface area (Å²) < 4.78 is 6.18. The number of hydrogen-bond acceptors (Lipinski definition) is 7. The molecule has 0 atom stereocenters. The molecule has 0 radical (unpaired) electrons. The average molecular weight is 445 g/mol. The second-order valence-corrected chi connectivity index (χ2v) is 11.4. The van der Waals surface area contributed by atoms with Gasteiger partial charge in [-0.2, -0.15) is 0 Å². The molecule has 4 aliphatic rings. The second-order valence-electron chi connectivity index (χ2n) is 9.17.